The van der Waals surface area contributed by atoms with E-state index in [1.54, 1.807) is 9.80 Å². The molecule has 0 aliphatic heterocycles. The van der Waals surface area contributed by atoms with Crippen LogP contribution in [0.15, 0.2) is 60.7 Å². The highest BCUT2D eigenvalue weighted by Crippen LogP contribution is 2.49. The van der Waals surface area contributed by atoms with Crippen molar-refractivity contribution in [1.29, 1.82) is 0 Å². The van der Waals surface area contributed by atoms with E-state index < -0.39 is 5.41 Å². The first-order valence-corrected chi connectivity index (χ1v) is 9.32. The van der Waals surface area contributed by atoms with Crippen molar-refractivity contribution in [2.24, 2.45) is 5.41 Å². The molecule has 0 spiro atoms. The van der Waals surface area contributed by atoms with Gasteiger partial charge in [-0.3, -0.25) is 9.59 Å². The van der Waals surface area contributed by atoms with Gasteiger partial charge >= 0.3 is 0 Å². The molecule has 1 aliphatic rings. The van der Waals surface area contributed by atoms with Gasteiger partial charge in [0.05, 0.1) is 6.54 Å². The van der Waals surface area contributed by atoms with Crippen molar-refractivity contribution < 1.29 is 9.59 Å². The Balaban J connectivity index is 1.91. The summed E-state index contributed by atoms with van der Waals surface area (Å²) in [5, 5.41) is 0. The second-order valence-corrected chi connectivity index (χ2v) is 6.77. The number of para-hydroxylation sites is 1. The third kappa shape index (κ3) is 3.50. The van der Waals surface area contributed by atoms with Crippen molar-refractivity contribution in [2.45, 2.75) is 33.2 Å². The second-order valence-electron chi connectivity index (χ2n) is 6.77. The summed E-state index contributed by atoms with van der Waals surface area (Å²) in [6.45, 7) is 5.65. The molecular formula is C22H26N2O2. The van der Waals surface area contributed by atoms with E-state index in [1.807, 2.05) is 74.5 Å². The zero-order chi connectivity index (χ0) is 18.6. The van der Waals surface area contributed by atoms with E-state index >= 15 is 0 Å². The lowest BCUT2D eigenvalue weighted by Crippen LogP contribution is -2.47. The van der Waals surface area contributed by atoms with Crippen molar-refractivity contribution in [2.75, 3.05) is 18.0 Å². The van der Waals surface area contributed by atoms with Crippen molar-refractivity contribution in [3.05, 3.63) is 66.2 Å². The average molecular weight is 350 g/mol. The number of nitrogens with zero attached hydrogens (tertiary/aromatic N) is 2. The van der Waals surface area contributed by atoms with Crippen LogP contribution in [0.3, 0.4) is 0 Å². The van der Waals surface area contributed by atoms with Crippen LogP contribution in [0.2, 0.25) is 0 Å². The number of hydrogen-bond donors (Lipinski definition) is 0. The molecule has 0 heterocycles. The Kier molecular flexibility index (Phi) is 5.40. The Labute approximate surface area is 155 Å². The summed E-state index contributed by atoms with van der Waals surface area (Å²) in [6, 6.07) is 19.6. The molecule has 0 radical (unpaired) electrons. The smallest absolute Gasteiger partial charge is 0.242 e. The SMILES string of the molecule is CCN(CC)C(=O)C1(C(=O)N(Cc2ccccc2)c2ccccc2)CC1. The zero-order valence-electron chi connectivity index (χ0n) is 15.5. The van der Waals surface area contributed by atoms with Crippen LogP contribution < -0.4 is 4.90 Å². The molecule has 0 unspecified atom stereocenters. The Morgan fingerprint density at radius 2 is 1.38 bits per heavy atom. The van der Waals surface area contributed by atoms with Crippen molar-refractivity contribution in [1.82, 2.24) is 4.90 Å². The van der Waals surface area contributed by atoms with Gasteiger partial charge in [-0.05, 0) is 44.4 Å². The van der Waals surface area contributed by atoms with Gasteiger partial charge < -0.3 is 9.80 Å². The first kappa shape index (κ1) is 18.2. The standard InChI is InChI=1S/C22H26N2O2/c1-3-23(4-2)20(25)22(15-16-22)21(26)24(19-13-9-6-10-14-19)17-18-11-7-5-8-12-18/h5-14H,3-4,15-17H2,1-2H3. The van der Waals surface area contributed by atoms with Gasteiger partial charge in [0, 0.05) is 18.8 Å². The minimum absolute atomic E-state index is 0.0264. The Hall–Kier alpha value is -2.62. The second kappa shape index (κ2) is 7.73. The molecule has 4 heteroatoms. The lowest BCUT2D eigenvalue weighted by Gasteiger charge is -2.30. The van der Waals surface area contributed by atoms with Crippen molar-refractivity contribution >= 4 is 17.5 Å². The summed E-state index contributed by atoms with van der Waals surface area (Å²) in [7, 11) is 0. The molecule has 0 aromatic heterocycles. The van der Waals surface area contributed by atoms with E-state index in [9.17, 15) is 9.59 Å². The molecule has 2 aromatic rings. The summed E-state index contributed by atoms with van der Waals surface area (Å²) in [5.41, 5.74) is 1.01. The van der Waals surface area contributed by atoms with Crippen LogP contribution >= 0.6 is 0 Å². The molecule has 0 atom stereocenters. The van der Waals surface area contributed by atoms with Crippen LogP contribution in [0.25, 0.3) is 0 Å². The minimum Gasteiger partial charge on any atom is -0.342 e. The fourth-order valence-corrected chi connectivity index (χ4v) is 3.37. The number of carbonyl (C=O) groups is 2. The van der Waals surface area contributed by atoms with Gasteiger partial charge in [-0.1, -0.05) is 48.5 Å². The molecule has 1 aliphatic carbocycles. The van der Waals surface area contributed by atoms with E-state index in [1.165, 1.54) is 0 Å². The van der Waals surface area contributed by atoms with E-state index in [2.05, 4.69) is 0 Å². The molecule has 1 saturated carbocycles. The van der Waals surface area contributed by atoms with Crippen molar-refractivity contribution in [3.63, 3.8) is 0 Å². The number of amides is 2. The van der Waals surface area contributed by atoms with E-state index in [0.717, 1.165) is 11.3 Å². The van der Waals surface area contributed by atoms with E-state index in [-0.39, 0.29) is 11.8 Å². The molecule has 26 heavy (non-hydrogen) atoms. The molecule has 2 aromatic carbocycles. The first-order chi connectivity index (χ1) is 12.6. The van der Waals surface area contributed by atoms with Gasteiger partial charge in [-0.2, -0.15) is 0 Å². The summed E-state index contributed by atoms with van der Waals surface area (Å²) >= 11 is 0. The summed E-state index contributed by atoms with van der Waals surface area (Å²) < 4.78 is 0. The largest absolute Gasteiger partial charge is 0.342 e. The molecule has 4 nitrogen and oxygen atoms in total. The fourth-order valence-electron chi connectivity index (χ4n) is 3.37. The maximum atomic E-state index is 13.5. The number of anilines is 1. The van der Waals surface area contributed by atoms with Gasteiger partial charge in [-0.15, -0.1) is 0 Å². The molecular weight excluding hydrogens is 324 g/mol. The average Bonchev–Trinajstić information content (AvgIpc) is 3.50. The van der Waals surface area contributed by atoms with Gasteiger partial charge in [-0.25, -0.2) is 0 Å². The Morgan fingerprint density at radius 3 is 1.88 bits per heavy atom. The van der Waals surface area contributed by atoms with Crippen molar-refractivity contribution in [3.8, 4) is 0 Å². The highest BCUT2D eigenvalue weighted by Gasteiger charge is 2.59. The third-order valence-electron chi connectivity index (χ3n) is 5.12. The van der Waals surface area contributed by atoms with Gasteiger partial charge in [0.25, 0.3) is 0 Å². The number of benzene rings is 2. The van der Waals surface area contributed by atoms with Crippen LogP contribution in [0.5, 0.6) is 0 Å². The first-order valence-electron chi connectivity index (χ1n) is 9.32. The lowest BCUT2D eigenvalue weighted by molar-refractivity contribution is -0.143. The predicted molar refractivity (Wildman–Crippen MR) is 104 cm³/mol. The monoisotopic (exact) mass is 350 g/mol. The predicted octanol–water partition coefficient (Wildman–Crippen LogP) is 3.87. The molecule has 2 amide bonds. The number of hydrogen-bond acceptors (Lipinski definition) is 2. The molecule has 0 saturated heterocycles. The van der Waals surface area contributed by atoms with E-state index in [4.69, 9.17) is 0 Å². The van der Waals surface area contributed by atoms with Crippen LogP contribution in [-0.4, -0.2) is 29.8 Å². The van der Waals surface area contributed by atoms with E-state index in [0.29, 0.717) is 32.5 Å². The van der Waals surface area contributed by atoms with Crippen LogP contribution in [0, 0.1) is 5.41 Å². The Morgan fingerprint density at radius 1 is 0.846 bits per heavy atom. The minimum atomic E-state index is -0.878. The number of carbonyl (C=O) groups excluding carboxylic acids is 2. The highest BCUT2D eigenvalue weighted by molar-refractivity contribution is 6.14. The van der Waals surface area contributed by atoms with Crippen LogP contribution in [0.4, 0.5) is 5.69 Å². The molecule has 1 fully saturated rings. The molecule has 0 bridgehead atoms. The third-order valence-corrected chi connectivity index (χ3v) is 5.12. The zero-order valence-corrected chi connectivity index (χ0v) is 15.5. The van der Waals surface area contributed by atoms with Crippen LogP contribution in [0.1, 0.15) is 32.3 Å². The van der Waals surface area contributed by atoms with Gasteiger partial charge in [0.2, 0.25) is 11.8 Å². The molecule has 3 rings (SSSR count). The topological polar surface area (TPSA) is 40.6 Å². The maximum absolute atomic E-state index is 13.5. The number of rotatable bonds is 7. The summed E-state index contributed by atoms with van der Waals surface area (Å²) in [5.74, 6) is -0.106. The maximum Gasteiger partial charge on any atom is 0.242 e. The fraction of sp³-hybridized carbons (Fsp3) is 0.364. The Bertz CT molecular complexity index is 750. The molecule has 136 valence electrons. The summed E-state index contributed by atoms with van der Waals surface area (Å²) in [4.78, 5) is 30.0. The summed E-state index contributed by atoms with van der Waals surface area (Å²) in [6.07, 6.45) is 1.28. The normalized spacial score (nSPS) is 14.5. The van der Waals surface area contributed by atoms with Gasteiger partial charge in [0.1, 0.15) is 5.41 Å². The highest BCUT2D eigenvalue weighted by atomic mass is 16.2. The lowest BCUT2D eigenvalue weighted by atomic mass is 10.0. The van der Waals surface area contributed by atoms with Gasteiger partial charge in [0.15, 0.2) is 0 Å². The van der Waals surface area contributed by atoms with Crippen LogP contribution in [-0.2, 0) is 16.1 Å². The molecule has 0 N–H and O–H groups in total. The quantitative estimate of drug-likeness (QED) is 0.711.